The second-order valence-electron chi connectivity index (χ2n) is 13.6. The van der Waals surface area contributed by atoms with Crippen LogP contribution in [0.1, 0.15) is 0 Å². The summed E-state index contributed by atoms with van der Waals surface area (Å²) in [6, 6.07) is 61.7. The summed E-state index contributed by atoms with van der Waals surface area (Å²) in [6.07, 6.45) is 0. The van der Waals surface area contributed by atoms with E-state index in [0.29, 0.717) is 17.5 Å². The first-order valence-corrected chi connectivity index (χ1v) is 17.8. The molecule has 9 aromatic carbocycles. The van der Waals surface area contributed by atoms with Crippen molar-refractivity contribution in [2.75, 3.05) is 0 Å². The molecule has 0 aliphatic heterocycles. The number of aromatic nitrogens is 3. The maximum Gasteiger partial charge on any atom is 0.164 e. The Hall–Kier alpha value is -7.17. The van der Waals surface area contributed by atoms with E-state index in [2.05, 4.69) is 158 Å². The van der Waals surface area contributed by atoms with Crippen molar-refractivity contribution in [2.24, 2.45) is 0 Å². The highest BCUT2D eigenvalue weighted by Crippen LogP contribution is 2.41. The van der Waals surface area contributed by atoms with Gasteiger partial charge in [-0.3, -0.25) is 0 Å². The average molecular weight is 676 g/mol. The highest BCUT2D eigenvalue weighted by atomic mass is 16.3. The molecule has 0 N–H and O–H groups in total. The van der Waals surface area contributed by atoms with Crippen molar-refractivity contribution in [3.8, 4) is 45.3 Å². The van der Waals surface area contributed by atoms with Gasteiger partial charge in [0.2, 0.25) is 0 Å². The zero-order valence-corrected chi connectivity index (χ0v) is 28.5. The summed E-state index contributed by atoms with van der Waals surface area (Å²) in [5, 5.41) is 11.5. The van der Waals surface area contributed by atoms with E-state index in [1.165, 1.54) is 26.9 Å². The van der Waals surface area contributed by atoms with E-state index in [1.807, 2.05) is 18.2 Å². The minimum atomic E-state index is 0.618. The van der Waals surface area contributed by atoms with Crippen molar-refractivity contribution in [3.63, 3.8) is 0 Å². The maximum atomic E-state index is 6.33. The molecule has 0 fully saturated rings. The van der Waals surface area contributed by atoms with Crippen LogP contribution in [0, 0.1) is 0 Å². The predicted octanol–water partition coefficient (Wildman–Crippen LogP) is 13.1. The maximum absolute atomic E-state index is 6.33. The molecule has 2 heterocycles. The first-order valence-electron chi connectivity index (χ1n) is 17.8. The lowest BCUT2D eigenvalue weighted by Crippen LogP contribution is -2.00. The quantitative estimate of drug-likeness (QED) is 0.174. The zero-order valence-electron chi connectivity index (χ0n) is 28.5. The molecule has 0 unspecified atom stereocenters. The van der Waals surface area contributed by atoms with Gasteiger partial charge >= 0.3 is 0 Å². The largest absolute Gasteiger partial charge is 0.456 e. The van der Waals surface area contributed by atoms with E-state index in [1.54, 1.807) is 0 Å². The summed E-state index contributed by atoms with van der Waals surface area (Å²) >= 11 is 0. The van der Waals surface area contributed by atoms with Crippen molar-refractivity contribution >= 4 is 65.0 Å². The molecule has 11 rings (SSSR count). The molecule has 0 amide bonds. The molecule has 0 spiro atoms. The third-order valence-electron chi connectivity index (χ3n) is 10.5. The summed E-state index contributed by atoms with van der Waals surface area (Å²) in [6.45, 7) is 0. The molecule has 4 nitrogen and oxygen atoms in total. The van der Waals surface area contributed by atoms with Gasteiger partial charge in [-0.2, -0.15) is 0 Å². The molecule has 0 saturated carbocycles. The third-order valence-corrected chi connectivity index (χ3v) is 10.5. The Morgan fingerprint density at radius 3 is 1.66 bits per heavy atom. The van der Waals surface area contributed by atoms with E-state index >= 15 is 0 Å². The SMILES string of the molecule is c1ccc2cc(-c3nc(-c4cc(-c5cccc6oc7ccccc7c56)c5ccccc5c4)nc(-c4ccc5ccc6ccccc6c5c4)n3)ccc2c1. The van der Waals surface area contributed by atoms with Crippen molar-refractivity contribution in [1.29, 1.82) is 0 Å². The monoisotopic (exact) mass is 675 g/mol. The lowest BCUT2D eigenvalue weighted by atomic mass is 9.92. The van der Waals surface area contributed by atoms with Crippen LogP contribution in [0.4, 0.5) is 0 Å². The molecule has 0 radical (unpaired) electrons. The van der Waals surface area contributed by atoms with Gasteiger partial charge in [-0.25, -0.2) is 15.0 Å². The number of nitrogens with zero attached hydrogens (tertiary/aromatic N) is 3. The molecule has 4 heteroatoms. The fraction of sp³-hybridized carbons (Fsp3) is 0. The second kappa shape index (κ2) is 11.7. The van der Waals surface area contributed by atoms with Crippen LogP contribution in [0.5, 0.6) is 0 Å². The Balaban J connectivity index is 1.17. The number of hydrogen-bond acceptors (Lipinski definition) is 4. The van der Waals surface area contributed by atoms with E-state index in [0.717, 1.165) is 65.9 Å². The standard InChI is InChI=1S/C49H29N3O/c1-2-12-33-26-35(24-20-30(33)10-1)47-50-48(36-25-23-32-22-21-31-11-3-5-14-38(31)42(32)28-36)52-49(51-47)37-27-34-13-4-6-15-39(34)43(29-37)40-17-9-19-45-46(40)41-16-7-8-18-44(41)53-45/h1-29H. The molecule has 246 valence electrons. The molecule has 11 aromatic rings. The van der Waals surface area contributed by atoms with Crippen LogP contribution in [0.25, 0.3) is 110 Å². The fourth-order valence-electron chi connectivity index (χ4n) is 7.89. The predicted molar refractivity (Wildman–Crippen MR) is 219 cm³/mol. The number of hydrogen-bond donors (Lipinski definition) is 0. The van der Waals surface area contributed by atoms with Crippen LogP contribution in [0.2, 0.25) is 0 Å². The Bertz CT molecular complexity index is 3250. The molecule has 0 atom stereocenters. The summed E-state index contributed by atoms with van der Waals surface area (Å²) in [4.78, 5) is 15.6. The summed E-state index contributed by atoms with van der Waals surface area (Å²) in [5.41, 5.74) is 6.74. The lowest BCUT2D eigenvalue weighted by Gasteiger charge is -2.14. The van der Waals surface area contributed by atoms with Crippen LogP contribution < -0.4 is 0 Å². The minimum Gasteiger partial charge on any atom is -0.456 e. The zero-order chi connectivity index (χ0) is 34.9. The van der Waals surface area contributed by atoms with E-state index in [-0.39, 0.29) is 0 Å². The fourth-order valence-corrected chi connectivity index (χ4v) is 7.89. The Morgan fingerprint density at radius 1 is 0.302 bits per heavy atom. The number of fused-ring (bicyclic) bond motifs is 8. The van der Waals surface area contributed by atoms with Crippen LogP contribution >= 0.6 is 0 Å². The van der Waals surface area contributed by atoms with Crippen LogP contribution in [0.3, 0.4) is 0 Å². The first-order chi connectivity index (χ1) is 26.2. The highest BCUT2D eigenvalue weighted by Gasteiger charge is 2.18. The molecule has 0 bridgehead atoms. The van der Waals surface area contributed by atoms with Gasteiger partial charge in [0.25, 0.3) is 0 Å². The van der Waals surface area contributed by atoms with Crippen molar-refractivity contribution in [1.82, 2.24) is 15.0 Å². The summed E-state index contributed by atoms with van der Waals surface area (Å²) < 4.78 is 6.33. The van der Waals surface area contributed by atoms with Crippen molar-refractivity contribution in [3.05, 3.63) is 176 Å². The highest BCUT2D eigenvalue weighted by molar-refractivity contribution is 6.16. The van der Waals surface area contributed by atoms with Crippen LogP contribution in [0.15, 0.2) is 180 Å². The smallest absolute Gasteiger partial charge is 0.164 e. The molecule has 0 aliphatic rings. The van der Waals surface area contributed by atoms with Gasteiger partial charge in [-0.15, -0.1) is 0 Å². The van der Waals surface area contributed by atoms with Gasteiger partial charge in [0, 0.05) is 27.5 Å². The van der Waals surface area contributed by atoms with Gasteiger partial charge < -0.3 is 4.42 Å². The molecular formula is C49H29N3O. The summed E-state index contributed by atoms with van der Waals surface area (Å²) in [7, 11) is 0. The van der Waals surface area contributed by atoms with Crippen molar-refractivity contribution in [2.45, 2.75) is 0 Å². The Kier molecular flexibility index (Phi) is 6.52. The topological polar surface area (TPSA) is 51.8 Å². The van der Waals surface area contributed by atoms with Crippen LogP contribution in [-0.4, -0.2) is 15.0 Å². The molecule has 0 saturated heterocycles. The van der Waals surface area contributed by atoms with Gasteiger partial charge in [-0.1, -0.05) is 140 Å². The number of furan rings is 1. The number of para-hydroxylation sites is 1. The lowest BCUT2D eigenvalue weighted by molar-refractivity contribution is 0.669. The number of benzene rings is 9. The van der Waals surface area contributed by atoms with Gasteiger partial charge in [-0.05, 0) is 90.6 Å². The van der Waals surface area contributed by atoms with Gasteiger partial charge in [0.15, 0.2) is 17.5 Å². The molecule has 0 aliphatic carbocycles. The Morgan fingerprint density at radius 2 is 0.849 bits per heavy atom. The average Bonchev–Trinajstić information content (AvgIpc) is 3.62. The normalized spacial score (nSPS) is 11.8. The second-order valence-corrected chi connectivity index (χ2v) is 13.6. The Labute approximate surface area is 304 Å². The van der Waals surface area contributed by atoms with E-state index in [9.17, 15) is 0 Å². The minimum absolute atomic E-state index is 0.618. The molecule has 53 heavy (non-hydrogen) atoms. The molecule has 2 aromatic heterocycles. The van der Waals surface area contributed by atoms with E-state index < -0.39 is 0 Å². The van der Waals surface area contributed by atoms with Gasteiger partial charge in [0.05, 0.1) is 0 Å². The molecular weight excluding hydrogens is 647 g/mol. The first kappa shape index (κ1) is 29.5. The van der Waals surface area contributed by atoms with Crippen LogP contribution in [-0.2, 0) is 0 Å². The van der Waals surface area contributed by atoms with E-state index in [4.69, 9.17) is 19.4 Å². The van der Waals surface area contributed by atoms with Gasteiger partial charge in [0.1, 0.15) is 11.2 Å². The summed E-state index contributed by atoms with van der Waals surface area (Å²) in [5.74, 6) is 1.88. The number of rotatable bonds is 4. The third kappa shape index (κ3) is 4.88. The van der Waals surface area contributed by atoms with Crippen molar-refractivity contribution < 1.29 is 4.42 Å².